The summed E-state index contributed by atoms with van der Waals surface area (Å²) in [6.45, 7) is 5.36. The lowest BCUT2D eigenvalue weighted by Gasteiger charge is -2.16. The van der Waals surface area contributed by atoms with Gasteiger partial charge in [0.2, 0.25) is 0 Å². The second-order valence-corrected chi connectivity index (χ2v) is 4.60. The lowest BCUT2D eigenvalue weighted by Crippen LogP contribution is -2.30. The van der Waals surface area contributed by atoms with Gasteiger partial charge in [-0.1, -0.05) is 6.07 Å². The molecule has 0 saturated carbocycles. The number of rotatable bonds is 2. The van der Waals surface area contributed by atoms with Crippen molar-refractivity contribution in [3.63, 3.8) is 0 Å². The van der Waals surface area contributed by atoms with Crippen molar-refractivity contribution in [3.05, 3.63) is 34.9 Å². The molecule has 1 aromatic carbocycles. The average Bonchev–Trinajstić information content (AvgIpc) is 2.80. The van der Waals surface area contributed by atoms with Crippen LogP contribution >= 0.6 is 0 Å². The maximum atomic E-state index is 12.2. The van der Waals surface area contributed by atoms with E-state index in [0.717, 1.165) is 17.5 Å². The molecular formula is C13H18N2O2. The van der Waals surface area contributed by atoms with Gasteiger partial charge >= 0.3 is 0 Å². The first kappa shape index (κ1) is 12.1. The van der Waals surface area contributed by atoms with Crippen LogP contribution in [-0.2, 0) is 4.84 Å². The van der Waals surface area contributed by atoms with E-state index in [1.807, 2.05) is 32.0 Å². The number of carbonyl (C=O) groups is 1. The first-order valence-corrected chi connectivity index (χ1v) is 5.84. The number of likely N-dealkylation sites (tertiary alicyclic amines) is 1. The molecule has 92 valence electrons. The summed E-state index contributed by atoms with van der Waals surface area (Å²) in [6.07, 6.45) is 0.790. The molecule has 0 radical (unpaired) electrons. The van der Waals surface area contributed by atoms with Gasteiger partial charge in [0.1, 0.15) is 0 Å². The predicted molar refractivity (Wildman–Crippen MR) is 65.5 cm³/mol. The van der Waals surface area contributed by atoms with E-state index < -0.39 is 0 Å². The zero-order valence-corrected chi connectivity index (χ0v) is 10.3. The van der Waals surface area contributed by atoms with Gasteiger partial charge in [-0.15, -0.1) is 0 Å². The van der Waals surface area contributed by atoms with Gasteiger partial charge in [-0.2, -0.15) is 0 Å². The molecule has 0 spiro atoms. The molecule has 1 saturated heterocycles. The van der Waals surface area contributed by atoms with E-state index in [1.54, 1.807) is 4.90 Å². The second kappa shape index (κ2) is 4.85. The smallest absolute Gasteiger partial charge is 0.253 e. The van der Waals surface area contributed by atoms with Gasteiger partial charge in [-0.05, 0) is 43.5 Å². The van der Waals surface area contributed by atoms with Crippen LogP contribution in [0.4, 0.5) is 0 Å². The first-order chi connectivity index (χ1) is 8.11. The van der Waals surface area contributed by atoms with Gasteiger partial charge in [0.25, 0.3) is 5.91 Å². The van der Waals surface area contributed by atoms with Crippen molar-refractivity contribution in [2.75, 3.05) is 13.1 Å². The zero-order valence-electron chi connectivity index (χ0n) is 10.3. The predicted octanol–water partition coefficient (Wildman–Crippen LogP) is 1.41. The van der Waals surface area contributed by atoms with E-state index in [4.69, 9.17) is 10.7 Å². The maximum absolute atomic E-state index is 12.2. The Labute approximate surface area is 101 Å². The first-order valence-electron chi connectivity index (χ1n) is 5.84. The summed E-state index contributed by atoms with van der Waals surface area (Å²) in [7, 11) is 0. The van der Waals surface area contributed by atoms with Crippen molar-refractivity contribution in [1.82, 2.24) is 4.90 Å². The third-order valence-electron chi connectivity index (χ3n) is 3.38. The van der Waals surface area contributed by atoms with Crippen LogP contribution in [0.5, 0.6) is 0 Å². The number of carbonyl (C=O) groups excluding carboxylic acids is 1. The van der Waals surface area contributed by atoms with Crippen LogP contribution in [0.2, 0.25) is 0 Å². The number of amides is 1. The van der Waals surface area contributed by atoms with E-state index >= 15 is 0 Å². The van der Waals surface area contributed by atoms with Crippen LogP contribution in [-0.4, -0.2) is 30.0 Å². The summed E-state index contributed by atoms with van der Waals surface area (Å²) in [5, 5.41) is 0. The van der Waals surface area contributed by atoms with Crippen LogP contribution in [0.25, 0.3) is 0 Å². The Morgan fingerprint density at radius 3 is 2.76 bits per heavy atom. The van der Waals surface area contributed by atoms with Crippen molar-refractivity contribution in [3.8, 4) is 0 Å². The van der Waals surface area contributed by atoms with E-state index in [9.17, 15) is 4.79 Å². The molecule has 2 rings (SSSR count). The fourth-order valence-electron chi connectivity index (χ4n) is 2.08. The zero-order chi connectivity index (χ0) is 12.4. The molecule has 17 heavy (non-hydrogen) atoms. The van der Waals surface area contributed by atoms with Gasteiger partial charge in [0.15, 0.2) is 0 Å². The average molecular weight is 234 g/mol. The highest BCUT2D eigenvalue weighted by Gasteiger charge is 2.27. The molecule has 0 aromatic heterocycles. The van der Waals surface area contributed by atoms with E-state index in [-0.39, 0.29) is 12.0 Å². The standard InChI is InChI=1S/C13H18N2O2/c1-9-3-4-11(7-10(9)2)13(16)15-6-5-12(8-15)17-14/h3-4,7,12H,5-6,8,14H2,1-2H3. The highest BCUT2D eigenvalue weighted by atomic mass is 16.6. The number of nitrogens with zero attached hydrogens (tertiary/aromatic N) is 1. The summed E-state index contributed by atoms with van der Waals surface area (Å²) in [5.41, 5.74) is 3.08. The highest BCUT2D eigenvalue weighted by molar-refractivity contribution is 5.94. The number of hydrogen-bond donors (Lipinski definition) is 1. The Hall–Kier alpha value is -1.39. The second-order valence-electron chi connectivity index (χ2n) is 4.60. The Bertz CT molecular complexity index is 431. The molecular weight excluding hydrogens is 216 g/mol. The number of hydrogen-bond acceptors (Lipinski definition) is 3. The Balaban J connectivity index is 2.12. The molecule has 1 amide bonds. The van der Waals surface area contributed by atoms with Crippen molar-refractivity contribution < 1.29 is 9.63 Å². The highest BCUT2D eigenvalue weighted by Crippen LogP contribution is 2.17. The largest absolute Gasteiger partial charge is 0.336 e. The Morgan fingerprint density at radius 1 is 1.41 bits per heavy atom. The van der Waals surface area contributed by atoms with Gasteiger partial charge in [-0.3, -0.25) is 9.63 Å². The van der Waals surface area contributed by atoms with Gasteiger partial charge in [0, 0.05) is 18.7 Å². The third kappa shape index (κ3) is 2.48. The summed E-state index contributed by atoms with van der Waals surface area (Å²) >= 11 is 0. The lowest BCUT2D eigenvalue weighted by molar-refractivity contribution is 0.0537. The summed E-state index contributed by atoms with van der Waals surface area (Å²) in [6, 6.07) is 5.80. The molecule has 1 aliphatic rings. The monoisotopic (exact) mass is 234 g/mol. The van der Waals surface area contributed by atoms with Crippen LogP contribution in [0.3, 0.4) is 0 Å². The van der Waals surface area contributed by atoms with Crippen molar-refractivity contribution >= 4 is 5.91 Å². The minimum atomic E-state index is -0.0227. The minimum absolute atomic E-state index is 0.0227. The Morgan fingerprint density at radius 2 is 2.18 bits per heavy atom. The van der Waals surface area contributed by atoms with Crippen molar-refractivity contribution in [2.45, 2.75) is 26.4 Å². The van der Waals surface area contributed by atoms with Crippen molar-refractivity contribution in [1.29, 1.82) is 0 Å². The van der Waals surface area contributed by atoms with Crippen LogP contribution in [0.1, 0.15) is 27.9 Å². The number of aryl methyl sites for hydroxylation is 2. The number of nitrogens with two attached hydrogens (primary N) is 1. The summed E-state index contributed by atoms with van der Waals surface area (Å²) in [4.78, 5) is 18.8. The molecule has 1 fully saturated rings. The van der Waals surface area contributed by atoms with Crippen LogP contribution < -0.4 is 5.90 Å². The molecule has 1 heterocycles. The van der Waals surface area contributed by atoms with Gasteiger partial charge in [-0.25, -0.2) is 5.90 Å². The molecule has 1 atom stereocenters. The lowest BCUT2D eigenvalue weighted by atomic mass is 10.1. The molecule has 0 aliphatic carbocycles. The fourth-order valence-corrected chi connectivity index (χ4v) is 2.08. The SMILES string of the molecule is Cc1ccc(C(=O)N2CCC(ON)C2)cc1C. The molecule has 1 aliphatic heterocycles. The molecule has 1 unspecified atom stereocenters. The quantitative estimate of drug-likeness (QED) is 0.787. The summed E-state index contributed by atoms with van der Waals surface area (Å²) < 4.78 is 0. The normalized spacial score (nSPS) is 19.7. The van der Waals surface area contributed by atoms with E-state index in [0.29, 0.717) is 13.1 Å². The minimum Gasteiger partial charge on any atom is -0.336 e. The molecule has 0 bridgehead atoms. The van der Waals surface area contributed by atoms with Crippen molar-refractivity contribution in [2.24, 2.45) is 5.90 Å². The molecule has 2 N–H and O–H groups in total. The third-order valence-corrected chi connectivity index (χ3v) is 3.38. The van der Waals surface area contributed by atoms with Crippen LogP contribution in [0.15, 0.2) is 18.2 Å². The topological polar surface area (TPSA) is 55.6 Å². The van der Waals surface area contributed by atoms with Gasteiger partial charge in [0.05, 0.1) is 6.10 Å². The van der Waals surface area contributed by atoms with Gasteiger partial charge < -0.3 is 4.90 Å². The van der Waals surface area contributed by atoms with E-state index in [1.165, 1.54) is 5.56 Å². The Kier molecular flexibility index (Phi) is 3.45. The molecule has 4 heteroatoms. The van der Waals surface area contributed by atoms with E-state index in [2.05, 4.69) is 0 Å². The number of benzene rings is 1. The maximum Gasteiger partial charge on any atom is 0.253 e. The summed E-state index contributed by atoms with van der Waals surface area (Å²) in [5.74, 6) is 5.20. The van der Waals surface area contributed by atoms with Crippen LogP contribution in [0, 0.1) is 13.8 Å². The molecule has 1 aromatic rings. The fraction of sp³-hybridized carbons (Fsp3) is 0.462. The molecule has 4 nitrogen and oxygen atoms in total.